The van der Waals surface area contributed by atoms with Gasteiger partial charge in [-0.1, -0.05) is 13.3 Å². The van der Waals surface area contributed by atoms with Crippen LogP contribution in [0.5, 0.6) is 0 Å². The van der Waals surface area contributed by atoms with Crippen molar-refractivity contribution < 1.29 is 17.0 Å². The van der Waals surface area contributed by atoms with Crippen molar-refractivity contribution in [2.75, 3.05) is 0 Å². The van der Waals surface area contributed by atoms with Gasteiger partial charge in [0.1, 0.15) is 0 Å². The minimum Gasteiger partial charge on any atom is -1.00 e. The zero-order valence-corrected chi connectivity index (χ0v) is 7.71. The summed E-state index contributed by atoms with van der Waals surface area (Å²) in [7, 11) is 0. The molecule has 7 heavy (non-hydrogen) atoms. The summed E-state index contributed by atoms with van der Waals surface area (Å²) in [6.07, 6.45) is 1.00. The molecule has 2 heteroatoms. The minimum atomic E-state index is 0. The predicted octanol–water partition coefficient (Wildman–Crippen LogP) is -1.59. The first-order chi connectivity index (χ1) is 2.27. The SMILES string of the molecule is C=C([CH2-])CC.[Br-].[Mg+2]. The molecule has 0 amide bonds. The molecule has 0 atom stereocenters. The summed E-state index contributed by atoms with van der Waals surface area (Å²) < 4.78 is 0. The number of hydrogen-bond donors (Lipinski definition) is 0. The molecule has 0 heterocycles. The third kappa shape index (κ3) is 19.8. The van der Waals surface area contributed by atoms with Gasteiger partial charge in [0.2, 0.25) is 0 Å². The largest absolute Gasteiger partial charge is 2.00 e. The molecule has 0 aromatic rings. The van der Waals surface area contributed by atoms with Gasteiger partial charge in [-0.25, -0.2) is 19.1 Å². The summed E-state index contributed by atoms with van der Waals surface area (Å²) >= 11 is 0. The third-order valence-corrected chi connectivity index (χ3v) is 0.500. The monoisotopic (exact) mass is 172 g/mol. The van der Waals surface area contributed by atoms with E-state index in [-0.39, 0.29) is 40.0 Å². The average Bonchev–Trinajstić information content (AvgIpc) is 1.38. The zero-order chi connectivity index (χ0) is 4.28. The van der Waals surface area contributed by atoms with Crippen molar-refractivity contribution in [1.82, 2.24) is 0 Å². The van der Waals surface area contributed by atoms with Crippen LogP contribution in [-0.2, 0) is 0 Å². The van der Waals surface area contributed by atoms with Crippen LogP contribution in [0, 0.1) is 6.92 Å². The maximum atomic E-state index is 3.56. The van der Waals surface area contributed by atoms with Crippen LogP contribution in [0.25, 0.3) is 0 Å². The van der Waals surface area contributed by atoms with Gasteiger partial charge in [0.15, 0.2) is 0 Å². The third-order valence-electron chi connectivity index (χ3n) is 0.500. The van der Waals surface area contributed by atoms with E-state index in [2.05, 4.69) is 13.5 Å². The summed E-state index contributed by atoms with van der Waals surface area (Å²) in [6, 6.07) is 0. The summed E-state index contributed by atoms with van der Waals surface area (Å²) in [6.45, 7) is 9.16. The van der Waals surface area contributed by atoms with Crippen molar-refractivity contribution in [2.45, 2.75) is 13.3 Å². The Morgan fingerprint density at radius 2 is 1.86 bits per heavy atom. The molecule has 0 saturated carbocycles. The van der Waals surface area contributed by atoms with Crippen LogP contribution in [0.3, 0.4) is 0 Å². The van der Waals surface area contributed by atoms with Crippen molar-refractivity contribution in [3.8, 4) is 0 Å². The van der Waals surface area contributed by atoms with E-state index in [9.17, 15) is 0 Å². The average molecular weight is 173 g/mol. The molecular weight excluding hydrogens is 164 g/mol. The first-order valence-corrected chi connectivity index (χ1v) is 1.77. The van der Waals surface area contributed by atoms with Crippen LogP contribution in [-0.4, -0.2) is 23.1 Å². The molecular formula is C5H9BrMg. The van der Waals surface area contributed by atoms with Gasteiger partial charge < -0.3 is 17.0 Å². The topological polar surface area (TPSA) is 0 Å². The van der Waals surface area contributed by atoms with Crippen LogP contribution in [0.4, 0.5) is 0 Å². The predicted molar refractivity (Wildman–Crippen MR) is 30.5 cm³/mol. The van der Waals surface area contributed by atoms with Gasteiger partial charge in [-0.3, -0.25) is 0 Å². The van der Waals surface area contributed by atoms with E-state index < -0.39 is 0 Å². The molecule has 38 valence electrons. The Labute approximate surface area is 72.3 Å². The molecule has 0 spiro atoms. The van der Waals surface area contributed by atoms with Crippen LogP contribution in [0.2, 0.25) is 0 Å². The molecule has 0 fully saturated rings. The second-order valence-corrected chi connectivity index (χ2v) is 1.10. The van der Waals surface area contributed by atoms with E-state index >= 15 is 0 Å². The summed E-state index contributed by atoms with van der Waals surface area (Å²) in [4.78, 5) is 0. The molecule has 0 radical (unpaired) electrons. The Morgan fingerprint density at radius 3 is 1.86 bits per heavy atom. The van der Waals surface area contributed by atoms with Crippen molar-refractivity contribution in [3.05, 3.63) is 19.1 Å². The normalized spacial score (nSPS) is 5.29. The fraction of sp³-hybridized carbons (Fsp3) is 0.400. The quantitative estimate of drug-likeness (QED) is 0.331. The molecule has 0 aromatic heterocycles. The second-order valence-electron chi connectivity index (χ2n) is 1.10. The van der Waals surface area contributed by atoms with Gasteiger partial charge in [-0.2, -0.15) is 0 Å². The summed E-state index contributed by atoms with van der Waals surface area (Å²) in [5, 5.41) is 0. The molecule has 0 rings (SSSR count). The van der Waals surface area contributed by atoms with Crippen molar-refractivity contribution in [3.63, 3.8) is 0 Å². The van der Waals surface area contributed by atoms with Crippen molar-refractivity contribution in [2.24, 2.45) is 0 Å². The van der Waals surface area contributed by atoms with Gasteiger partial charge >= 0.3 is 23.1 Å². The van der Waals surface area contributed by atoms with E-state index in [1.807, 2.05) is 6.92 Å². The second kappa shape index (κ2) is 9.97. The van der Waals surface area contributed by atoms with Crippen LogP contribution in [0.1, 0.15) is 13.3 Å². The fourth-order valence-corrected chi connectivity index (χ4v) is 0. The Morgan fingerprint density at radius 1 is 1.71 bits per heavy atom. The van der Waals surface area contributed by atoms with Crippen molar-refractivity contribution >= 4 is 23.1 Å². The smallest absolute Gasteiger partial charge is 1.00 e. The first-order valence-electron chi connectivity index (χ1n) is 1.77. The Balaban J connectivity index is -0.0000000800. The zero-order valence-electron chi connectivity index (χ0n) is 4.71. The van der Waals surface area contributed by atoms with Crippen LogP contribution < -0.4 is 17.0 Å². The molecule has 0 bridgehead atoms. The van der Waals surface area contributed by atoms with E-state index in [4.69, 9.17) is 0 Å². The molecule has 0 aliphatic rings. The van der Waals surface area contributed by atoms with E-state index in [0.717, 1.165) is 12.0 Å². The molecule has 0 nitrogen and oxygen atoms in total. The standard InChI is InChI=1S/C5H9.BrH.Mg/c1-4-5(2)3;;/h2-4H2,1H3;1H;/q-1;;+2/p-1. The molecule has 0 N–H and O–H groups in total. The van der Waals surface area contributed by atoms with Gasteiger partial charge in [0, 0.05) is 0 Å². The van der Waals surface area contributed by atoms with E-state index in [1.54, 1.807) is 0 Å². The maximum Gasteiger partial charge on any atom is 2.00 e. The van der Waals surface area contributed by atoms with Gasteiger partial charge in [-0.05, 0) is 0 Å². The Kier molecular flexibility index (Phi) is 22.3. The van der Waals surface area contributed by atoms with E-state index in [0.29, 0.717) is 0 Å². The fourth-order valence-electron chi connectivity index (χ4n) is 0. The summed E-state index contributed by atoms with van der Waals surface area (Å²) in [5.74, 6) is 0. The number of allylic oxidation sites excluding steroid dienone is 1. The molecule has 0 aliphatic carbocycles. The number of halogens is 1. The molecule has 0 saturated heterocycles. The summed E-state index contributed by atoms with van der Waals surface area (Å²) in [5.41, 5.74) is 1.00. The van der Waals surface area contributed by atoms with Gasteiger partial charge in [0.05, 0.1) is 0 Å². The Bertz CT molecular complexity index is 43.3. The molecule has 0 aromatic carbocycles. The van der Waals surface area contributed by atoms with E-state index in [1.165, 1.54) is 0 Å². The number of hydrogen-bond acceptors (Lipinski definition) is 0. The minimum absolute atomic E-state index is 0. The maximum absolute atomic E-state index is 3.56. The Hall–Kier alpha value is 0.856. The van der Waals surface area contributed by atoms with Gasteiger partial charge in [0.25, 0.3) is 0 Å². The molecule has 0 unspecified atom stereocenters. The molecule has 0 aliphatic heterocycles. The van der Waals surface area contributed by atoms with Crippen molar-refractivity contribution in [1.29, 1.82) is 0 Å². The van der Waals surface area contributed by atoms with Crippen LogP contribution >= 0.6 is 0 Å². The van der Waals surface area contributed by atoms with Crippen LogP contribution in [0.15, 0.2) is 12.2 Å². The first kappa shape index (κ1) is 15.7. The van der Waals surface area contributed by atoms with Gasteiger partial charge in [-0.15, -0.1) is 0 Å². The number of rotatable bonds is 1.